The number of halogens is 1. The van der Waals surface area contributed by atoms with Gasteiger partial charge in [-0.25, -0.2) is 0 Å². The molecule has 2 aliphatic rings. The highest BCUT2D eigenvalue weighted by Crippen LogP contribution is 2.49. The number of nitrogens with zero attached hydrogens (tertiary/aromatic N) is 1. The maximum atomic E-state index is 12.3. The van der Waals surface area contributed by atoms with Gasteiger partial charge in [0.15, 0.2) is 0 Å². The number of carbonyl (C=O) groups is 2. The molecule has 3 atom stereocenters. The van der Waals surface area contributed by atoms with Gasteiger partial charge in [-0.3, -0.25) is 9.59 Å². The van der Waals surface area contributed by atoms with E-state index in [2.05, 4.69) is 5.32 Å². The molecule has 1 aromatic carbocycles. The molecule has 2 bridgehead atoms. The number of carbonyl (C=O) groups excluding carboxylic acids is 2. The van der Waals surface area contributed by atoms with Crippen LogP contribution in [-0.2, 0) is 9.59 Å². The van der Waals surface area contributed by atoms with Crippen molar-refractivity contribution in [2.75, 3.05) is 18.9 Å². The molecule has 2 amide bonds. The van der Waals surface area contributed by atoms with Crippen LogP contribution in [0.15, 0.2) is 24.3 Å². The van der Waals surface area contributed by atoms with Crippen LogP contribution in [0.2, 0.25) is 5.02 Å². The molecule has 0 aliphatic heterocycles. The van der Waals surface area contributed by atoms with Gasteiger partial charge in [-0.05, 0) is 61.3 Å². The number of fused-ring (bicyclic) bond motifs is 2. The van der Waals surface area contributed by atoms with Gasteiger partial charge in [-0.15, -0.1) is 0 Å². The van der Waals surface area contributed by atoms with Crippen LogP contribution < -0.4 is 5.32 Å². The quantitative estimate of drug-likeness (QED) is 0.895. The van der Waals surface area contributed by atoms with Crippen LogP contribution >= 0.6 is 11.6 Å². The Morgan fingerprint density at radius 1 is 1.22 bits per heavy atom. The number of amides is 2. The van der Waals surface area contributed by atoms with E-state index in [0.29, 0.717) is 23.0 Å². The first-order chi connectivity index (χ1) is 11.0. The summed E-state index contributed by atoms with van der Waals surface area (Å²) in [5.74, 6) is 2.00. The van der Waals surface area contributed by atoms with E-state index >= 15 is 0 Å². The zero-order valence-electron chi connectivity index (χ0n) is 13.4. The number of hydrogen-bond acceptors (Lipinski definition) is 2. The minimum Gasteiger partial charge on any atom is -0.336 e. The molecule has 2 saturated carbocycles. The Labute approximate surface area is 142 Å². The molecule has 23 heavy (non-hydrogen) atoms. The summed E-state index contributed by atoms with van der Waals surface area (Å²) in [5, 5.41) is 3.41. The van der Waals surface area contributed by atoms with E-state index in [4.69, 9.17) is 11.6 Å². The van der Waals surface area contributed by atoms with Crippen LogP contribution in [0.3, 0.4) is 0 Å². The summed E-state index contributed by atoms with van der Waals surface area (Å²) in [7, 11) is 1.71. The van der Waals surface area contributed by atoms with Gasteiger partial charge in [0.1, 0.15) is 0 Å². The molecule has 0 spiro atoms. The highest BCUT2D eigenvalue weighted by molar-refractivity contribution is 6.30. The standard InChI is InChI=1S/C18H23ClN2O2/c1-21(11-17(22)20-16-6-4-15(19)5-7-16)18(23)10-14-9-12-2-3-13(14)8-12/h4-7,12-14H,2-3,8-11H2,1H3,(H,20,22)/t12-,13-,14+/m1/s1. The number of nitrogens with one attached hydrogen (secondary N) is 1. The van der Waals surface area contributed by atoms with Gasteiger partial charge in [0.2, 0.25) is 11.8 Å². The molecular weight excluding hydrogens is 312 g/mol. The molecule has 2 fully saturated rings. The minimum atomic E-state index is -0.184. The van der Waals surface area contributed by atoms with Crippen LogP contribution in [0.25, 0.3) is 0 Å². The lowest BCUT2D eigenvalue weighted by Crippen LogP contribution is -2.36. The molecule has 0 heterocycles. The molecule has 5 heteroatoms. The van der Waals surface area contributed by atoms with Gasteiger partial charge >= 0.3 is 0 Å². The maximum Gasteiger partial charge on any atom is 0.243 e. The summed E-state index contributed by atoms with van der Waals surface area (Å²) in [6, 6.07) is 6.94. The first-order valence-corrected chi connectivity index (χ1v) is 8.68. The predicted octanol–water partition coefficient (Wildman–Crippen LogP) is 3.56. The second-order valence-electron chi connectivity index (χ2n) is 6.94. The van der Waals surface area contributed by atoms with Crippen LogP contribution in [0.5, 0.6) is 0 Å². The number of likely N-dealkylation sites (N-methyl/N-ethyl adjacent to an activating group) is 1. The van der Waals surface area contributed by atoms with Crippen LogP contribution in [0.1, 0.15) is 32.1 Å². The average molecular weight is 335 g/mol. The zero-order chi connectivity index (χ0) is 16.4. The number of benzene rings is 1. The first kappa shape index (κ1) is 16.3. The van der Waals surface area contributed by atoms with E-state index in [9.17, 15) is 9.59 Å². The van der Waals surface area contributed by atoms with Crippen LogP contribution in [0.4, 0.5) is 5.69 Å². The van der Waals surface area contributed by atoms with Crippen molar-refractivity contribution < 1.29 is 9.59 Å². The molecule has 124 valence electrons. The topological polar surface area (TPSA) is 49.4 Å². The van der Waals surface area contributed by atoms with E-state index < -0.39 is 0 Å². The molecule has 0 saturated heterocycles. The number of rotatable bonds is 5. The van der Waals surface area contributed by atoms with Crippen molar-refractivity contribution in [3.05, 3.63) is 29.3 Å². The Morgan fingerprint density at radius 3 is 2.57 bits per heavy atom. The maximum absolute atomic E-state index is 12.3. The third-order valence-corrected chi connectivity index (χ3v) is 5.51. The van der Waals surface area contributed by atoms with E-state index in [0.717, 1.165) is 11.8 Å². The normalized spacial score (nSPS) is 25.4. The summed E-state index contributed by atoms with van der Waals surface area (Å²) in [5.41, 5.74) is 0.688. The Bertz CT molecular complexity index is 587. The average Bonchev–Trinajstić information content (AvgIpc) is 3.12. The Hall–Kier alpha value is -1.55. The molecule has 2 aliphatic carbocycles. The van der Waals surface area contributed by atoms with E-state index in [1.165, 1.54) is 30.6 Å². The second-order valence-corrected chi connectivity index (χ2v) is 7.38. The van der Waals surface area contributed by atoms with Gasteiger partial charge in [0.05, 0.1) is 6.54 Å². The van der Waals surface area contributed by atoms with Crippen LogP contribution in [0, 0.1) is 17.8 Å². The largest absolute Gasteiger partial charge is 0.336 e. The van der Waals surface area contributed by atoms with E-state index in [1.807, 2.05) is 0 Å². The molecular formula is C18H23ClN2O2. The van der Waals surface area contributed by atoms with Gasteiger partial charge in [-0.1, -0.05) is 18.0 Å². The second kappa shape index (κ2) is 6.91. The third kappa shape index (κ3) is 4.05. The summed E-state index contributed by atoms with van der Waals surface area (Å²) in [6.07, 6.45) is 5.71. The first-order valence-electron chi connectivity index (χ1n) is 8.30. The fourth-order valence-electron chi connectivity index (χ4n) is 4.04. The van der Waals surface area contributed by atoms with Crippen LogP contribution in [-0.4, -0.2) is 30.3 Å². The van der Waals surface area contributed by atoms with E-state index in [1.54, 1.807) is 31.3 Å². The third-order valence-electron chi connectivity index (χ3n) is 5.26. The summed E-state index contributed by atoms with van der Waals surface area (Å²) in [6.45, 7) is 0.0856. The van der Waals surface area contributed by atoms with E-state index in [-0.39, 0.29) is 18.4 Å². The molecule has 3 rings (SSSR count). The smallest absolute Gasteiger partial charge is 0.243 e. The highest BCUT2D eigenvalue weighted by atomic mass is 35.5. The highest BCUT2D eigenvalue weighted by Gasteiger charge is 2.40. The lowest BCUT2D eigenvalue weighted by Gasteiger charge is -2.24. The summed E-state index contributed by atoms with van der Waals surface area (Å²) in [4.78, 5) is 25.9. The fraction of sp³-hybridized carbons (Fsp3) is 0.556. The fourth-order valence-corrected chi connectivity index (χ4v) is 4.17. The van der Waals surface area contributed by atoms with Gasteiger partial charge < -0.3 is 10.2 Å². The van der Waals surface area contributed by atoms with Crippen molar-refractivity contribution in [2.24, 2.45) is 17.8 Å². The molecule has 1 aromatic rings. The summed E-state index contributed by atoms with van der Waals surface area (Å²) >= 11 is 5.82. The lowest BCUT2D eigenvalue weighted by molar-refractivity contribution is -0.134. The van der Waals surface area contributed by atoms with Crippen molar-refractivity contribution >= 4 is 29.1 Å². The van der Waals surface area contributed by atoms with Crippen molar-refractivity contribution in [3.63, 3.8) is 0 Å². The molecule has 0 unspecified atom stereocenters. The Balaban J connectivity index is 1.46. The van der Waals surface area contributed by atoms with Gasteiger partial charge in [0.25, 0.3) is 0 Å². The Morgan fingerprint density at radius 2 is 1.96 bits per heavy atom. The number of hydrogen-bond donors (Lipinski definition) is 1. The predicted molar refractivity (Wildman–Crippen MR) is 91.3 cm³/mol. The van der Waals surface area contributed by atoms with Crippen molar-refractivity contribution in [1.29, 1.82) is 0 Å². The van der Waals surface area contributed by atoms with Crippen molar-refractivity contribution in [1.82, 2.24) is 4.90 Å². The molecule has 0 aromatic heterocycles. The van der Waals surface area contributed by atoms with Crippen molar-refractivity contribution in [3.8, 4) is 0 Å². The van der Waals surface area contributed by atoms with Gasteiger partial charge in [0, 0.05) is 24.2 Å². The SMILES string of the molecule is CN(CC(=O)Nc1ccc(Cl)cc1)C(=O)C[C@@H]1C[C@@H]2CC[C@@H]1C2. The number of anilines is 1. The minimum absolute atomic E-state index is 0.0776. The Kier molecular flexibility index (Phi) is 4.90. The molecule has 4 nitrogen and oxygen atoms in total. The summed E-state index contributed by atoms with van der Waals surface area (Å²) < 4.78 is 0. The molecule has 0 radical (unpaired) electrons. The molecule has 1 N–H and O–H groups in total. The van der Waals surface area contributed by atoms with Gasteiger partial charge in [-0.2, -0.15) is 0 Å². The monoisotopic (exact) mass is 334 g/mol. The zero-order valence-corrected chi connectivity index (χ0v) is 14.2. The van der Waals surface area contributed by atoms with Crippen molar-refractivity contribution in [2.45, 2.75) is 32.1 Å². The lowest BCUT2D eigenvalue weighted by atomic mass is 9.86.